The van der Waals surface area contributed by atoms with Gasteiger partial charge in [0.15, 0.2) is 23.6 Å². The first-order chi connectivity index (χ1) is 22.1. The topological polar surface area (TPSA) is 119 Å². The Bertz CT molecular complexity index is 1930. The highest BCUT2D eigenvalue weighted by Gasteiger charge is 2.24. The van der Waals surface area contributed by atoms with E-state index in [0.717, 1.165) is 28.3 Å². The molecule has 6 aromatic rings. The lowest BCUT2D eigenvalue weighted by molar-refractivity contribution is 0.111. The molecule has 222 valence electrons. The molecule has 3 aromatic carbocycles. The van der Waals surface area contributed by atoms with Crippen molar-refractivity contribution >= 4 is 17.8 Å². The molecule has 0 unspecified atom stereocenters. The molecule has 0 amide bonds. The van der Waals surface area contributed by atoms with Gasteiger partial charge in [-0.2, -0.15) is 10.4 Å². The number of fused-ring (bicyclic) bond motifs is 1. The van der Waals surface area contributed by atoms with Crippen LogP contribution in [-0.2, 0) is 19.5 Å². The molecule has 3 heterocycles. The Morgan fingerprint density at radius 3 is 2.07 bits per heavy atom. The summed E-state index contributed by atoms with van der Waals surface area (Å²) < 4.78 is 12.3. The minimum absolute atomic E-state index is 0.199. The van der Waals surface area contributed by atoms with E-state index in [-0.39, 0.29) is 5.69 Å². The number of aldehydes is 1. The summed E-state index contributed by atoms with van der Waals surface area (Å²) in [6, 6.07) is 30.6. The first kappa shape index (κ1) is 29.0. The summed E-state index contributed by atoms with van der Waals surface area (Å²) in [7, 11) is 3.27. The maximum atomic E-state index is 12.7. The third kappa shape index (κ3) is 6.19. The molecule has 0 radical (unpaired) electrons. The van der Waals surface area contributed by atoms with E-state index < -0.39 is 0 Å². The van der Waals surface area contributed by atoms with Gasteiger partial charge >= 0.3 is 0 Å². The fourth-order valence-corrected chi connectivity index (χ4v) is 5.13. The number of hydrogen-bond acceptors (Lipinski definition) is 9. The molecule has 0 aliphatic heterocycles. The van der Waals surface area contributed by atoms with Crippen molar-refractivity contribution in [2.24, 2.45) is 0 Å². The number of pyridine rings is 1. The second-order valence-electron chi connectivity index (χ2n) is 10.3. The Kier molecular flexibility index (Phi) is 8.42. The molecule has 0 saturated carbocycles. The molecule has 0 atom stereocenters. The molecule has 0 bridgehead atoms. The van der Waals surface area contributed by atoms with Crippen molar-refractivity contribution in [1.82, 2.24) is 24.6 Å². The van der Waals surface area contributed by atoms with Gasteiger partial charge in [-0.1, -0.05) is 48.5 Å². The van der Waals surface area contributed by atoms with Gasteiger partial charge in [0.25, 0.3) is 0 Å². The Labute approximate surface area is 260 Å². The van der Waals surface area contributed by atoms with Gasteiger partial charge in [0.1, 0.15) is 22.9 Å². The third-order valence-electron chi connectivity index (χ3n) is 7.38. The lowest BCUT2D eigenvalue weighted by atomic mass is 10.0. The lowest BCUT2D eigenvalue weighted by Crippen LogP contribution is -2.25. The van der Waals surface area contributed by atoms with Crippen LogP contribution in [0.4, 0.5) is 5.82 Å². The molecule has 10 heteroatoms. The van der Waals surface area contributed by atoms with E-state index >= 15 is 0 Å². The van der Waals surface area contributed by atoms with Gasteiger partial charge in [-0.25, -0.2) is 14.5 Å². The fraction of sp³-hybridized carbons (Fsp3) is 0.143. The maximum Gasteiger partial charge on any atom is 0.199 e. The van der Waals surface area contributed by atoms with Crippen LogP contribution in [0.25, 0.3) is 16.9 Å². The zero-order chi connectivity index (χ0) is 31.2. The van der Waals surface area contributed by atoms with Crippen LogP contribution in [0, 0.1) is 11.3 Å². The van der Waals surface area contributed by atoms with E-state index in [2.05, 4.69) is 16.0 Å². The number of benzene rings is 3. The molecule has 0 spiro atoms. The van der Waals surface area contributed by atoms with Crippen LogP contribution >= 0.6 is 0 Å². The predicted molar refractivity (Wildman–Crippen MR) is 169 cm³/mol. The number of carbonyl (C=O) groups excluding carboxylic acids is 1. The van der Waals surface area contributed by atoms with Gasteiger partial charge < -0.3 is 14.4 Å². The number of anilines is 1. The molecule has 0 fully saturated rings. The molecule has 45 heavy (non-hydrogen) atoms. The van der Waals surface area contributed by atoms with Gasteiger partial charge in [0.2, 0.25) is 0 Å². The number of methoxy groups -OCH3 is 2. The van der Waals surface area contributed by atoms with Gasteiger partial charge in [-0.15, -0.1) is 0 Å². The highest BCUT2D eigenvalue weighted by Crippen LogP contribution is 2.32. The number of rotatable bonds is 11. The van der Waals surface area contributed by atoms with Crippen LogP contribution < -0.4 is 14.4 Å². The zero-order valence-electron chi connectivity index (χ0n) is 24.8. The summed E-state index contributed by atoms with van der Waals surface area (Å²) in [4.78, 5) is 29.2. The molecule has 0 aliphatic carbocycles. The van der Waals surface area contributed by atoms with Gasteiger partial charge in [-0.05, 0) is 53.6 Å². The quantitative estimate of drug-likeness (QED) is 0.174. The van der Waals surface area contributed by atoms with E-state index in [1.807, 2.05) is 72.8 Å². The molecular weight excluding hydrogens is 566 g/mol. The number of carbonyl (C=O) groups is 1. The number of hydrogen-bond donors (Lipinski definition) is 0. The Hall–Kier alpha value is -6.08. The van der Waals surface area contributed by atoms with Crippen molar-refractivity contribution in [2.45, 2.75) is 19.5 Å². The molecule has 0 saturated heterocycles. The highest BCUT2D eigenvalue weighted by atomic mass is 16.5. The molecule has 3 aromatic heterocycles. The summed E-state index contributed by atoms with van der Waals surface area (Å²) in [5, 5.41) is 14.7. The monoisotopic (exact) mass is 595 g/mol. The zero-order valence-corrected chi connectivity index (χ0v) is 24.8. The van der Waals surface area contributed by atoms with Gasteiger partial charge in [-0.3, -0.25) is 9.78 Å². The first-order valence-corrected chi connectivity index (χ1v) is 14.2. The lowest BCUT2D eigenvalue weighted by Gasteiger charge is -2.25. The van der Waals surface area contributed by atoms with Crippen molar-refractivity contribution in [2.75, 3.05) is 19.1 Å². The number of nitrogens with zero attached hydrogens (tertiary/aromatic N) is 7. The van der Waals surface area contributed by atoms with Crippen molar-refractivity contribution < 1.29 is 14.3 Å². The average Bonchev–Trinajstić information content (AvgIpc) is 3.51. The van der Waals surface area contributed by atoms with Crippen molar-refractivity contribution in [1.29, 1.82) is 5.26 Å². The summed E-state index contributed by atoms with van der Waals surface area (Å²) in [6.45, 7) is 0.918. The van der Waals surface area contributed by atoms with Crippen LogP contribution in [0.5, 0.6) is 11.5 Å². The summed E-state index contributed by atoms with van der Waals surface area (Å²) in [6.07, 6.45) is 2.79. The number of aromatic nitrogens is 5. The Morgan fingerprint density at radius 2 is 1.49 bits per heavy atom. The minimum Gasteiger partial charge on any atom is -0.497 e. The SMILES string of the molecule is COc1ccc(CN(Cc2ccc(OC)cc2)c2nc(-c3ccccc3C#N)c(C=O)n3nc(Cc4ccccn4)nc23)cc1. The Morgan fingerprint density at radius 1 is 0.844 bits per heavy atom. The summed E-state index contributed by atoms with van der Waals surface area (Å²) in [5.41, 5.74) is 4.69. The summed E-state index contributed by atoms with van der Waals surface area (Å²) in [5.74, 6) is 2.50. The van der Waals surface area contributed by atoms with Crippen LogP contribution in [-0.4, -0.2) is 45.1 Å². The predicted octanol–water partition coefficient (Wildman–Crippen LogP) is 5.69. The van der Waals surface area contributed by atoms with Gasteiger partial charge in [0, 0.05) is 30.5 Å². The van der Waals surface area contributed by atoms with Crippen molar-refractivity contribution in [3.05, 3.63) is 131 Å². The standard InChI is InChI=1S/C35H29N7O3/c1-44-28-14-10-24(11-15-28)21-41(22-25-12-16-29(45-2)17-13-25)34-35-38-32(19-27-8-5-6-18-37-27)40-42(35)31(23-43)33(39-34)30-9-4-3-7-26(30)20-36/h3-18,23H,19,21-22H2,1-2H3. The number of nitriles is 1. The average molecular weight is 596 g/mol. The van der Waals surface area contributed by atoms with Crippen molar-refractivity contribution in [3.8, 4) is 28.8 Å². The van der Waals surface area contributed by atoms with Crippen LogP contribution in [0.3, 0.4) is 0 Å². The van der Waals surface area contributed by atoms with Crippen molar-refractivity contribution in [3.63, 3.8) is 0 Å². The molecular formula is C35H29N7O3. The van der Waals surface area contributed by atoms with E-state index in [1.165, 1.54) is 4.52 Å². The second kappa shape index (κ2) is 13.1. The Balaban J connectivity index is 1.56. The molecule has 6 rings (SSSR count). The van der Waals surface area contributed by atoms with Crippen LogP contribution in [0.15, 0.2) is 97.2 Å². The van der Waals surface area contributed by atoms with E-state index in [1.54, 1.807) is 38.6 Å². The van der Waals surface area contributed by atoms with Gasteiger partial charge in [0.05, 0.1) is 32.3 Å². The third-order valence-corrected chi connectivity index (χ3v) is 7.38. The van der Waals surface area contributed by atoms with E-state index in [0.29, 0.717) is 59.9 Å². The second-order valence-corrected chi connectivity index (χ2v) is 10.3. The normalized spacial score (nSPS) is 10.8. The number of ether oxygens (including phenoxy) is 2. The highest BCUT2D eigenvalue weighted by molar-refractivity contribution is 5.88. The largest absolute Gasteiger partial charge is 0.497 e. The fourth-order valence-electron chi connectivity index (χ4n) is 5.13. The van der Waals surface area contributed by atoms with E-state index in [9.17, 15) is 10.1 Å². The molecule has 10 nitrogen and oxygen atoms in total. The molecule has 0 aliphatic rings. The van der Waals surface area contributed by atoms with Crippen LogP contribution in [0.2, 0.25) is 0 Å². The minimum atomic E-state index is 0.199. The van der Waals surface area contributed by atoms with E-state index in [4.69, 9.17) is 24.5 Å². The molecule has 0 N–H and O–H groups in total. The maximum absolute atomic E-state index is 12.7. The first-order valence-electron chi connectivity index (χ1n) is 14.2. The smallest absolute Gasteiger partial charge is 0.199 e. The summed E-state index contributed by atoms with van der Waals surface area (Å²) >= 11 is 0. The van der Waals surface area contributed by atoms with Crippen LogP contribution in [0.1, 0.15) is 38.7 Å².